The maximum Gasteiger partial charge on any atom is 0.0733 e. The molecule has 3 unspecified atom stereocenters. The molecule has 3 atom stereocenters. The summed E-state index contributed by atoms with van der Waals surface area (Å²) in [6.45, 7) is 0.797. The average Bonchev–Trinajstić information content (AvgIpc) is 2.89. The fourth-order valence-corrected chi connectivity index (χ4v) is 3.78. The van der Waals surface area contributed by atoms with Gasteiger partial charge >= 0.3 is 0 Å². The molecule has 0 saturated carbocycles. The molecule has 1 N–H and O–H groups in total. The highest BCUT2D eigenvalue weighted by atomic mass is 79.9. The predicted molar refractivity (Wildman–Crippen MR) is 72.8 cm³/mol. The van der Waals surface area contributed by atoms with Crippen molar-refractivity contribution in [3.63, 3.8) is 0 Å². The quantitative estimate of drug-likeness (QED) is 0.898. The third kappa shape index (κ3) is 2.57. The number of aromatic nitrogens is 1. The molecule has 0 aliphatic carbocycles. The largest absolute Gasteiger partial charge is 0.373 e. The van der Waals surface area contributed by atoms with Crippen molar-refractivity contribution in [2.24, 2.45) is 0 Å². The summed E-state index contributed by atoms with van der Waals surface area (Å²) in [4.78, 5) is 4.40. The lowest BCUT2D eigenvalue weighted by Crippen LogP contribution is -2.37. The lowest BCUT2D eigenvalue weighted by Gasteiger charge is -2.20. The van der Waals surface area contributed by atoms with Crippen LogP contribution in [0.4, 0.5) is 0 Å². The Labute approximate surface area is 118 Å². The summed E-state index contributed by atoms with van der Waals surface area (Å²) in [6.07, 6.45) is 6.35. The highest BCUT2D eigenvalue weighted by Crippen LogP contribution is 2.34. The summed E-state index contributed by atoms with van der Waals surface area (Å²) >= 11 is 6.94. The first-order valence-corrected chi connectivity index (χ1v) is 7.50. The van der Waals surface area contributed by atoms with Gasteiger partial charge in [-0.25, -0.2) is 0 Å². The fraction of sp³-hybridized carbons (Fsp3) is 0.583. The molecule has 3 heterocycles. The van der Waals surface area contributed by atoms with Crippen LogP contribution in [0.25, 0.3) is 0 Å². The maximum absolute atomic E-state index is 5.82. The van der Waals surface area contributed by atoms with E-state index in [1.807, 2.05) is 12.3 Å². The number of hydrogen-bond donors (Lipinski definition) is 1. The molecular weight excluding hydrogens is 348 g/mol. The van der Waals surface area contributed by atoms with Gasteiger partial charge in [-0.15, -0.1) is 0 Å². The van der Waals surface area contributed by atoms with Crippen LogP contribution < -0.4 is 5.32 Å². The number of nitrogens with zero attached hydrogens (tertiary/aromatic N) is 1. The molecule has 2 aliphatic rings. The molecule has 3 nitrogen and oxygen atoms in total. The van der Waals surface area contributed by atoms with Crippen LogP contribution in [0.5, 0.6) is 0 Å². The molecule has 5 heteroatoms. The molecule has 17 heavy (non-hydrogen) atoms. The number of ether oxygens (including phenoxy) is 1. The zero-order chi connectivity index (χ0) is 11.8. The summed E-state index contributed by atoms with van der Waals surface area (Å²) in [5, 5.41) is 3.56. The van der Waals surface area contributed by atoms with Gasteiger partial charge in [0.2, 0.25) is 0 Å². The van der Waals surface area contributed by atoms with Crippen LogP contribution in [-0.2, 0) is 11.3 Å². The number of halogens is 2. The second-order valence-corrected chi connectivity index (χ2v) is 6.45. The van der Waals surface area contributed by atoms with Crippen LogP contribution in [0.3, 0.4) is 0 Å². The molecule has 92 valence electrons. The van der Waals surface area contributed by atoms with Gasteiger partial charge in [-0.05, 0) is 57.2 Å². The van der Waals surface area contributed by atoms with Gasteiger partial charge in [-0.3, -0.25) is 4.98 Å². The van der Waals surface area contributed by atoms with Gasteiger partial charge in [0.25, 0.3) is 0 Å². The van der Waals surface area contributed by atoms with E-state index < -0.39 is 0 Å². The van der Waals surface area contributed by atoms with E-state index in [9.17, 15) is 0 Å². The van der Waals surface area contributed by atoms with Gasteiger partial charge in [0.1, 0.15) is 0 Å². The zero-order valence-corrected chi connectivity index (χ0v) is 12.5. The SMILES string of the molecule is Brc1cnc(CNC2CC3CCC2O3)c(Br)c1. The first-order chi connectivity index (χ1) is 8.22. The van der Waals surface area contributed by atoms with Gasteiger partial charge in [0.05, 0.1) is 17.9 Å². The molecule has 2 saturated heterocycles. The van der Waals surface area contributed by atoms with Gasteiger partial charge in [-0.1, -0.05) is 0 Å². The molecule has 3 rings (SSSR count). The Kier molecular flexibility index (Phi) is 3.52. The summed E-state index contributed by atoms with van der Waals surface area (Å²) in [7, 11) is 0. The lowest BCUT2D eigenvalue weighted by molar-refractivity contribution is 0.0972. The van der Waals surface area contributed by atoms with Gasteiger partial charge in [-0.2, -0.15) is 0 Å². The van der Waals surface area contributed by atoms with Crippen LogP contribution >= 0.6 is 31.9 Å². The normalized spacial score (nSPS) is 31.1. The van der Waals surface area contributed by atoms with Crippen molar-refractivity contribution >= 4 is 31.9 Å². The minimum absolute atomic E-state index is 0.425. The molecule has 0 amide bonds. The van der Waals surface area contributed by atoms with E-state index in [1.165, 1.54) is 12.8 Å². The van der Waals surface area contributed by atoms with E-state index >= 15 is 0 Å². The van der Waals surface area contributed by atoms with Crippen molar-refractivity contribution < 1.29 is 4.74 Å². The molecule has 1 aromatic rings. The molecule has 0 aromatic carbocycles. The van der Waals surface area contributed by atoms with Crippen LogP contribution in [0.2, 0.25) is 0 Å². The van der Waals surface area contributed by atoms with Crippen molar-refractivity contribution in [3.8, 4) is 0 Å². The number of fused-ring (bicyclic) bond motifs is 2. The topological polar surface area (TPSA) is 34.2 Å². The Morgan fingerprint density at radius 3 is 2.94 bits per heavy atom. The highest BCUT2D eigenvalue weighted by molar-refractivity contribution is 9.11. The molecular formula is C12H14Br2N2O. The summed E-state index contributed by atoms with van der Waals surface area (Å²) in [6, 6.07) is 2.53. The number of nitrogens with one attached hydrogen (secondary N) is 1. The Hall–Kier alpha value is 0.0300. The Balaban J connectivity index is 1.60. The Morgan fingerprint density at radius 1 is 1.41 bits per heavy atom. The van der Waals surface area contributed by atoms with E-state index in [0.717, 1.165) is 27.6 Å². The minimum Gasteiger partial charge on any atom is -0.373 e. The van der Waals surface area contributed by atoms with Crippen molar-refractivity contribution in [1.29, 1.82) is 0 Å². The van der Waals surface area contributed by atoms with Crippen molar-refractivity contribution in [3.05, 3.63) is 26.9 Å². The second-order valence-electron chi connectivity index (χ2n) is 4.68. The van der Waals surface area contributed by atoms with Crippen molar-refractivity contribution in [2.75, 3.05) is 0 Å². The van der Waals surface area contributed by atoms with E-state index in [1.54, 1.807) is 0 Å². The van der Waals surface area contributed by atoms with Crippen LogP contribution in [0.15, 0.2) is 21.2 Å². The maximum atomic E-state index is 5.82. The molecule has 0 radical (unpaired) electrons. The highest BCUT2D eigenvalue weighted by Gasteiger charge is 2.40. The smallest absolute Gasteiger partial charge is 0.0733 e. The number of rotatable bonds is 3. The van der Waals surface area contributed by atoms with Crippen LogP contribution in [0, 0.1) is 0 Å². The van der Waals surface area contributed by atoms with E-state index in [0.29, 0.717) is 18.2 Å². The van der Waals surface area contributed by atoms with Gasteiger partial charge < -0.3 is 10.1 Å². The van der Waals surface area contributed by atoms with Gasteiger partial charge in [0.15, 0.2) is 0 Å². The summed E-state index contributed by atoms with van der Waals surface area (Å²) < 4.78 is 7.86. The molecule has 2 bridgehead atoms. The van der Waals surface area contributed by atoms with Crippen LogP contribution in [-0.4, -0.2) is 23.2 Å². The molecule has 1 aromatic heterocycles. The standard InChI is InChI=1S/C12H14Br2N2O/c13-7-3-9(14)11(15-5-7)6-16-10-4-8-1-2-12(10)17-8/h3,5,8,10,12,16H,1-2,4,6H2. The number of hydrogen-bond acceptors (Lipinski definition) is 3. The Bertz CT molecular complexity index is 427. The van der Waals surface area contributed by atoms with E-state index in [-0.39, 0.29) is 0 Å². The minimum atomic E-state index is 0.425. The molecule has 0 spiro atoms. The third-order valence-electron chi connectivity index (χ3n) is 3.52. The summed E-state index contributed by atoms with van der Waals surface area (Å²) in [5.74, 6) is 0. The third-order valence-corrected chi connectivity index (χ3v) is 4.64. The first-order valence-electron chi connectivity index (χ1n) is 5.91. The first kappa shape index (κ1) is 12.1. The molecule has 2 fully saturated rings. The molecule has 2 aliphatic heterocycles. The lowest BCUT2D eigenvalue weighted by atomic mass is 9.95. The zero-order valence-electron chi connectivity index (χ0n) is 9.33. The second kappa shape index (κ2) is 4.96. The van der Waals surface area contributed by atoms with Crippen LogP contribution in [0.1, 0.15) is 25.0 Å². The van der Waals surface area contributed by atoms with Crippen molar-refractivity contribution in [1.82, 2.24) is 10.3 Å². The monoisotopic (exact) mass is 360 g/mol. The Morgan fingerprint density at radius 2 is 2.29 bits per heavy atom. The fourth-order valence-electron chi connectivity index (χ4n) is 2.65. The summed E-state index contributed by atoms with van der Waals surface area (Å²) in [5.41, 5.74) is 1.05. The van der Waals surface area contributed by atoms with E-state index in [2.05, 4.69) is 42.2 Å². The van der Waals surface area contributed by atoms with Crippen molar-refractivity contribution in [2.45, 2.75) is 44.1 Å². The number of pyridine rings is 1. The van der Waals surface area contributed by atoms with Gasteiger partial charge in [0, 0.05) is 27.7 Å². The predicted octanol–water partition coefficient (Wildman–Crippen LogP) is 3.02. The van der Waals surface area contributed by atoms with E-state index in [4.69, 9.17) is 4.74 Å². The average molecular weight is 362 g/mol.